The van der Waals surface area contributed by atoms with Gasteiger partial charge in [-0.2, -0.15) is 0 Å². The second-order valence-electron chi connectivity index (χ2n) is 5.10. The molecule has 1 aromatic rings. The van der Waals surface area contributed by atoms with Crippen LogP contribution in [0.25, 0.3) is 0 Å². The van der Waals surface area contributed by atoms with E-state index >= 15 is 0 Å². The number of hydrogen-bond acceptors (Lipinski definition) is 3. The number of carbonyl (C=O) groups excluding carboxylic acids is 1. The van der Waals surface area contributed by atoms with E-state index in [-0.39, 0.29) is 11.9 Å². The van der Waals surface area contributed by atoms with Crippen molar-refractivity contribution in [2.45, 2.75) is 31.3 Å². The molecule has 0 spiro atoms. The molecule has 0 bridgehead atoms. The summed E-state index contributed by atoms with van der Waals surface area (Å²) in [5, 5.41) is 0. The van der Waals surface area contributed by atoms with Crippen LogP contribution in [0, 0.1) is 0 Å². The number of carbonyl (C=O) groups is 1. The van der Waals surface area contributed by atoms with Gasteiger partial charge in [0.05, 0.1) is 19.2 Å². The Morgan fingerprint density at radius 2 is 2.45 bits per heavy atom. The van der Waals surface area contributed by atoms with E-state index in [1.807, 2.05) is 29.2 Å². The Morgan fingerprint density at radius 3 is 3.15 bits per heavy atom. The fraction of sp³-hybridized carbons (Fsp3) is 0.438. The van der Waals surface area contributed by atoms with Crippen molar-refractivity contribution in [2.75, 3.05) is 13.7 Å². The number of benzene rings is 1. The van der Waals surface area contributed by atoms with E-state index in [1.54, 1.807) is 13.2 Å². The number of amides is 1. The van der Waals surface area contributed by atoms with Crippen LogP contribution in [0.2, 0.25) is 0 Å². The maximum Gasteiger partial charge on any atom is 0.240 e. The van der Waals surface area contributed by atoms with Crippen molar-refractivity contribution in [3.8, 4) is 5.75 Å². The van der Waals surface area contributed by atoms with Crippen molar-refractivity contribution in [3.05, 3.63) is 42.5 Å². The van der Waals surface area contributed by atoms with Gasteiger partial charge in [-0.3, -0.25) is 4.79 Å². The highest BCUT2D eigenvalue weighted by Gasteiger charge is 2.32. The molecule has 1 saturated heterocycles. The highest BCUT2D eigenvalue weighted by atomic mass is 16.5. The molecule has 1 aromatic carbocycles. The minimum absolute atomic E-state index is 0.00946. The molecule has 20 heavy (non-hydrogen) atoms. The van der Waals surface area contributed by atoms with Crippen LogP contribution in [0.4, 0.5) is 0 Å². The zero-order chi connectivity index (χ0) is 14.5. The molecule has 1 aliphatic heterocycles. The van der Waals surface area contributed by atoms with E-state index < -0.39 is 6.04 Å². The fourth-order valence-corrected chi connectivity index (χ4v) is 2.72. The number of ether oxygens (including phenoxy) is 1. The van der Waals surface area contributed by atoms with Crippen LogP contribution >= 0.6 is 0 Å². The summed E-state index contributed by atoms with van der Waals surface area (Å²) in [5.74, 6) is 0.826. The molecule has 2 atom stereocenters. The SMILES string of the molecule is C=CCC(N)C(=O)N1CCCC1c1cccc(OC)c1. The van der Waals surface area contributed by atoms with Crippen LogP contribution in [0.5, 0.6) is 5.75 Å². The lowest BCUT2D eigenvalue weighted by atomic mass is 10.0. The monoisotopic (exact) mass is 274 g/mol. The van der Waals surface area contributed by atoms with E-state index in [4.69, 9.17) is 10.5 Å². The molecule has 1 aliphatic rings. The Labute approximate surface area is 120 Å². The van der Waals surface area contributed by atoms with Gasteiger partial charge in [0.25, 0.3) is 0 Å². The second-order valence-corrected chi connectivity index (χ2v) is 5.10. The minimum Gasteiger partial charge on any atom is -0.497 e. The molecule has 1 heterocycles. The average Bonchev–Trinajstić information content (AvgIpc) is 2.96. The lowest BCUT2D eigenvalue weighted by Gasteiger charge is -2.27. The van der Waals surface area contributed by atoms with Crippen molar-refractivity contribution in [1.29, 1.82) is 0 Å². The van der Waals surface area contributed by atoms with E-state index in [1.165, 1.54) is 0 Å². The average molecular weight is 274 g/mol. The molecule has 4 nitrogen and oxygen atoms in total. The Balaban J connectivity index is 2.17. The maximum atomic E-state index is 12.4. The van der Waals surface area contributed by atoms with Crippen LogP contribution in [-0.4, -0.2) is 30.5 Å². The van der Waals surface area contributed by atoms with Crippen molar-refractivity contribution < 1.29 is 9.53 Å². The predicted molar refractivity (Wildman–Crippen MR) is 79.5 cm³/mol. The summed E-state index contributed by atoms with van der Waals surface area (Å²) >= 11 is 0. The summed E-state index contributed by atoms with van der Waals surface area (Å²) in [6.45, 7) is 4.41. The number of nitrogens with two attached hydrogens (primary N) is 1. The summed E-state index contributed by atoms with van der Waals surface area (Å²) in [7, 11) is 1.65. The quantitative estimate of drug-likeness (QED) is 0.838. The molecule has 0 radical (unpaired) electrons. The zero-order valence-corrected chi connectivity index (χ0v) is 11.9. The van der Waals surface area contributed by atoms with Gasteiger partial charge in [0, 0.05) is 6.54 Å². The molecule has 1 fully saturated rings. The largest absolute Gasteiger partial charge is 0.497 e. The van der Waals surface area contributed by atoms with Gasteiger partial charge < -0.3 is 15.4 Å². The number of likely N-dealkylation sites (tertiary alicyclic amines) is 1. The Bertz CT molecular complexity index is 487. The first kappa shape index (κ1) is 14.6. The molecule has 108 valence electrons. The Kier molecular flexibility index (Phi) is 4.79. The fourth-order valence-electron chi connectivity index (χ4n) is 2.72. The highest BCUT2D eigenvalue weighted by Crippen LogP contribution is 2.33. The molecule has 2 N–H and O–H groups in total. The van der Waals surface area contributed by atoms with Gasteiger partial charge in [0.1, 0.15) is 5.75 Å². The van der Waals surface area contributed by atoms with Gasteiger partial charge in [-0.25, -0.2) is 0 Å². The summed E-state index contributed by atoms with van der Waals surface area (Å²) in [5.41, 5.74) is 7.03. The van der Waals surface area contributed by atoms with Crippen LogP contribution in [0.1, 0.15) is 30.9 Å². The standard InChI is InChI=1S/C16H22N2O2/c1-3-6-14(17)16(19)18-10-5-9-15(18)12-7-4-8-13(11-12)20-2/h3-4,7-8,11,14-15H,1,5-6,9-10,17H2,2H3. The number of hydrogen-bond donors (Lipinski definition) is 1. The zero-order valence-electron chi connectivity index (χ0n) is 11.9. The third kappa shape index (κ3) is 3.02. The topological polar surface area (TPSA) is 55.6 Å². The van der Waals surface area contributed by atoms with E-state index in [9.17, 15) is 4.79 Å². The Hall–Kier alpha value is -1.81. The molecule has 0 aromatic heterocycles. The van der Waals surface area contributed by atoms with Gasteiger partial charge in [-0.1, -0.05) is 18.2 Å². The van der Waals surface area contributed by atoms with Crippen LogP contribution < -0.4 is 10.5 Å². The predicted octanol–water partition coefficient (Wildman–Crippen LogP) is 2.26. The molecular formula is C16H22N2O2. The third-order valence-electron chi connectivity index (χ3n) is 3.75. The lowest BCUT2D eigenvalue weighted by Crippen LogP contribution is -2.43. The Morgan fingerprint density at radius 1 is 1.65 bits per heavy atom. The van der Waals surface area contributed by atoms with Gasteiger partial charge in [0.15, 0.2) is 0 Å². The first-order valence-corrected chi connectivity index (χ1v) is 6.98. The van der Waals surface area contributed by atoms with E-state index in [2.05, 4.69) is 6.58 Å². The highest BCUT2D eigenvalue weighted by molar-refractivity contribution is 5.82. The van der Waals surface area contributed by atoms with Crippen LogP contribution in [0.3, 0.4) is 0 Å². The summed E-state index contributed by atoms with van der Waals surface area (Å²) in [6.07, 6.45) is 4.19. The normalized spacial score (nSPS) is 19.7. The van der Waals surface area contributed by atoms with Crippen molar-refractivity contribution in [1.82, 2.24) is 4.90 Å². The van der Waals surface area contributed by atoms with Crippen molar-refractivity contribution >= 4 is 5.91 Å². The van der Waals surface area contributed by atoms with Crippen LogP contribution in [-0.2, 0) is 4.79 Å². The first-order chi connectivity index (χ1) is 9.67. The third-order valence-corrected chi connectivity index (χ3v) is 3.75. The maximum absolute atomic E-state index is 12.4. The smallest absolute Gasteiger partial charge is 0.240 e. The van der Waals surface area contributed by atoms with Gasteiger partial charge in [0.2, 0.25) is 5.91 Å². The van der Waals surface area contributed by atoms with Crippen LogP contribution in [0.15, 0.2) is 36.9 Å². The van der Waals surface area contributed by atoms with E-state index in [0.29, 0.717) is 6.42 Å². The molecular weight excluding hydrogens is 252 g/mol. The summed E-state index contributed by atoms with van der Waals surface area (Å²) in [6, 6.07) is 7.52. The number of nitrogens with zero attached hydrogens (tertiary/aromatic N) is 1. The number of methoxy groups -OCH3 is 1. The molecule has 2 rings (SSSR count). The molecule has 1 amide bonds. The lowest BCUT2D eigenvalue weighted by molar-refractivity contribution is -0.133. The first-order valence-electron chi connectivity index (χ1n) is 6.98. The van der Waals surface area contributed by atoms with E-state index in [0.717, 1.165) is 30.7 Å². The van der Waals surface area contributed by atoms with Gasteiger partial charge in [-0.15, -0.1) is 6.58 Å². The molecule has 4 heteroatoms. The van der Waals surface area contributed by atoms with Gasteiger partial charge >= 0.3 is 0 Å². The molecule has 2 unspecified atom stereocenters. The molecule has 0 aliphatic carbocycles. The summed E-state index contributed by atoms with van der Waals surface area (Å²) < 4.78 is 5.25. The van der Waals surface area contributed by atoms with Gasteiger partial charge in [-0.05, 0) is 37.0 Å². The van der Waals surface area contributed by atoms with Crippen molar-refractivity contribution in [3.63, 3.8) is 0 Å². The minimum atomic E-state index is -0.487. The molecule has 0 saturated carbocycles. The number of rotatable bonds is 5. The summed E-state index contributed by atoms with van der Waals surface area (Å²) in [4.78, 5) is 14.3. The second kappa shape index (κ2) is 6.57. The van der Waals surface area contributed by atoms with Crippen molar-refractivity contribution in [2.24, 2.45) is 5.73 Å².